The summed E-state index contributed by atoms with van der Waals surface area (Å²) in [7, 11) is 0. The molecule has 1 N–H and O–H groups in total. The Morgan fingerprint density at radius 1 is 1.00 bits per heavy atom. The molecule has 51 heavy (non-hydrogen) atoms. The molecule has 2 aliphatic rings. The summed E-state index contributed by atoms with van der Waals surface area (Å²) in [5.74, 6) is -0.675. The maximum absolute atomic E-state index is 15.0. The van der Waals surface area contributed by atoms with Gasteiger partial charge in [-0.15, -0.1) is 0 Å². The number of piperazine rings is 1. The zero-order valence-corrected chi connectivity index (χ0v) is 29.4. The maximum atomic E-state index is 15.0. The Morgan fingerprint density at radius 3 is 2.22 bits per heavy atom. The van der Waals surface area contributed by atoms with Crippen LogP contribution in [0.15, 0.2) is 83.0 Å². The molecule has 0 aliphatic carbocycles. The van der Waals surface area contributed by atoms with E-state index in [4.69, 9.17) is 14.9 Å². The number of benzene rings is 3. The molecule has 6 rings (SSSR count). The lowest BCUT2D eigenvalue weighted by Crippen LogP contribution is -2.46. The fraction of sp³-hybridized carbons (Fsp3) is 0.421. The van der Waals surface area contributed by atoms with Crippen molar-refractivity contribution in [2.45, 2.75) is 51.7 Å². The Balaban J connectivity index is 1.02. The third kappa shape index (κ3) is 7.83. The number of aromatic nitrogens is 3. The highest BCUT2D eigenvalue weighted by molar-refractivity contribution is 5.58. The van der Waals surface area contributed by atoms with Crippen LogP contribution in [0.3, 0.4) is 0 Å². The van der Waals surface area contributed by atoms with Crippen LogP contribution in [-0.2, 0) is 10.3 Å². The number of ether oxygens (including phenoxy) is 2. The standard InChI is InChI=1S/C38H46F2N8O3/c1-4-30(5-2)48-37(49)47(27-43-48)33-10-8-31(9-11-33)44-17-19-45(20-18-44)32-12-14-34(15-13-32)50-23-28-22-38(51-24-28,25-46(26-41)42-6-3)35-16-7-29(39)21-36(35)40/h6-16,21,26-28,30,41H,4-5,17-20,22-25H2,1-3H3/b41-26?,42-6-/t28-,38+/m1/s1. The Labute approximate surface area is 297 Å². The second kappa shape index (κ2) is 15.9. The number of anilines is 2. The van der Waals surface area contributed by atoms with Gasteiger partial charge in [0.2, 0.25) is 0 Å². The summed E-state index contributed by atoms with van der Waals surface area (Å²) in [4.78, 5) is 17.7. The van der Waals surface area contributed by atoms with E-state index in [1.54, 1.807) is 28.7 Å². The molecule has 2 aliphatic heterocycles. The van der Waals surface area contributed by atoms with Gasteiger partial charge >= 0.3 is 5.69 Å². The van der Waals surface area contributed by atoms with Gasteiger partial charge in [0.25, 0.3) is 0 Å². The summed E-state index contributed by atoms with van der Waals surface area (Å²) in [6.07, 6.45) is 6.37. The molecule has 3 aromatic carbocycles. The predicted molar refractivity (Wildman–Crippen MR) is 196 cm³/mol. The summed E-state index contributed by atoms with van der Waals surface area (Å²) >= 11 is 0. The molecule has 0 amide bonds. The molecular formula is C38H46F2N8O3. The minimum absolute atomic E-state index is 0.0531. The van der Waals surface area contributed by atoms with Crippen molar-refractivity contribution < 1.29 is 18.3 Å². The quantitative estimate of drug-likeness (QED) is 0.0946. The highest BCUT2D eigenvalue weighted by Crippen LogP contribution is 2.41. The van der Waals surface area contributed by atoms with Gasteiger partial charge in [-0.05, 0) is 80.8 Å². The van der Waals surface area contributed by atoms with E-state index in [0.29, 0.717) is 19.6 Å². The minimum Gasteiger partial charge on any atom is -0.493 e. The molecule has 11 nitrogen and oxygen atoms in total. The molecule has 0 bridgehead atoms. The van der Waals surface area contributed by atoms with Crippen LogP contribution in [0.4, 0.5) is 20.2 Å². The van der Waals surface area contributed by atoms with Crippen molar-refractivity contribution in [3.8, 4) is 11.4 Å². The van der Waals surface area contributed by atoms with Crippen molar-refractivity contribution in [2.75, 3.05) is 55.7 Å². The Kier molecular flexibility index (Phi) is 11.1. The second-order valence-corrected chi connectivity index (χ2v) is 13.1. The van der Waals surface area contributed by atoms with Crippen molar-refractivity contribution in [3.63, 3.8) is 0 Å². The molecular weight excluding hydrogens is 654 g/mol. The first-order valence-electron chi connectivity index (χ1n) is 17.6. The lowest BCUT2D eigenvalue weighted by Gasteiger charge is -2.37. The number of nitrogens with one attached hydrogen (secondary N) is 1. The Morgan fingerprint density at radius 2 is 1.63 bits per heavy atom. The SMILES string of the molecule is C/C=N\N(C=N)C[C@]1(c2ccc(F)cc2F)C[C@H](COc2ccc(N3CCN(c4ccc(-n5cnn(C(CC)CC)c5=O)cc4)CC3)cc2)CO1. The smallest absolute Gasteiger partial charge is 0.350 e. The molecule has 2 atom stereocenters. The molecule has 0 radical (unpaired) electrons. The second-order valence-electron chi connectivity index (χ2n) is 13.1. The molecule has 3 heterocycles. The molecule has 0 unspecified atom stereocenters. The molecule has 2 fully saturated rings. The number of hydrazone groups is 1. The molecule has 4 aromatic rings. The average Bonchev–Trinajstić information content (AvgIpc) is 3.75. The van der Waals surface area contributed by atoms with E-state index < -0.39 is 17.2 Å². The van der Waals surface area contributed by atoms with E-state index in [-0.39, 0.29) is 29.8 Å². The third-order valence-electron chi connectivity index (χ3n) is 9.91. The first-order chi connectivity index (χ1) is 24.8. The van der Waals surface area contributed by atoms with Crippen molar-refractivity contribution in [3.05, 3.63) is 101 Å². The predicted octanol–water partition coefficient (Wildman–Crippen LogP) is 6.23. The Bertz CT molecular complexity index is 1850. The molecule has 2 saturated heterocycles. The fourth-order valence-electron chi connectivity index (χ4n) is 7.13. The summed E-state index contributed by atoms with van der Waals surface area (Å²) in [6.45, 7) is 10.1. The topological polar surface area (TPSA) is 104 Å². The third-order valence-corrected chi connectivity index (χ3v) is 9.91. The highest BCUT2D eigenvalue weighted by Gasteiger charge is 2.45. The van der Waals surface area contributed by atoms with Crippen molar-refractivity contribution in [2.24, 2.45) is 11.0 Å². The number of hydrogen-bond donors (Lipinski definition) is 1. The van der Waals surface area contributed by atoms with Gasteiger partial charge in [-0.25, -0.2) is 22.8 Å². The molecule has 0 saturated carbocycles. The monoisotopic (exact) mass is 700 g/mol. The van der Waals surface area contributed by atoms with Crippen LogP contribution in [-0.4, -0.2) is 77.8 Å². The Hall–Kier alpha value is -5.04. The van der Waals surface area contributed by atoms with Gasteiger partial charge in [-0.3, -0.25) is 10.4 Å². The van der Waals surface area contributed by atoms with Gasteiger partial charge in [-0.1, -0.05) is 19.9 Å². The first kappa shape index (κ1) is 35.8. The minimum atomic E-state index is -1.11. The van der Waals surface area contributed by atoms with Crippen molar-refractivity contribution in [1.29, 1.82) is 5.41 Å². The summed E-state index contributed by atoms with van der Waals surface area (Å²) < 4.78 is 44.3. The van der Waals surface area contributed by atoms with E-state index in [1.165, 1.54) is 17.1 Å². The van der Waals surface area contributed by atoms with Crippen LogP contribution >= 0.6 is 0 Å². The largest absolute Gasteiger partial charge is 0.493 e. The number of hydrogen-bond acceptors (Lipinski definition) is 8. The lowest BCUT2D eigenvalue weighted by molar-refractivity contribution is -0.0180. The van der Waals surface area contributed by atoms with Gasteiger partial charge in [-0.2, -0.15) is 10.2 Å². The van der Waals surface area contributed by atoms with Gasteiger partial charge < -0.3 is 19.3 Å². The zero-order valence-electron chi connectivity index (χ0n) is 29.4. The number of rotatable bonds is 14. The van der Waals surface area contributed by atoms with Crippen LogP contribution in [0.25, 0.3) is 5.69 Å². The van der Waals surface area contributed by atoms with Gasteiger partial charge in [0.15, 0.2) is 0 Å². The van der Waals surface area contributed by atoms with Gasteiger partial charge in [0.1, 0.15) is 35.7 Å². The molecule has 13 heteroatoms. The van der Waals surface area contributed by atoms with E-state index in [1.807, 2.05) is 24.3 Å². The zero-order chi connectivity index (χ0) is 36.0. The molecule has 1 aromatic heterocycles. The normalized spacial score (nSPS) is 19.3. The summed E-state index contributed by atoms with van der Waals surface area (Å²) in [6, 6.07) is 19.7. The number of nitrogens with zero attached hydrogens (tertiary/aromatic N) is 7. The van der Waals surface area contributed by atoms with E-state index in [2.05, 4.69) is 58.1 Å². The van der Waals surface area contributed by atoms with Crippen LogP contribution in [0.2, 0.25) is 0 Å². The molecule has 0 spiro atoms. The van der Waals surface area contributed by atoms with Crippen molar-refractivity contribution in [1.82, 2.24) is 19.4 Å². The summed E-state index contributed by atoms with van der Waals surface area (Å²) in [5.41, 5.74) is 2.06. The van der Waals surface area contributed by atoms with E-state index >= 15 is 4.39 Å². The van der Waals surface area contributed by atoms with Crippen LogP contribution in [0, 0.1) is 23.0 Å². The summed E-state index contributed by atoms with van der Waals surface area (Å²) in [5, 5.41) is 17.7. The van der Waals surface area contributed by atoms with Gasteiger partial charge in [0, 0.05) is 61.3 Å². The average molecular weight is 701 g/mol. The van der Waals surface area contributed by atoms with Crippen molar-refractivity contribution >= 4 is 23.9 Å². The van der Waals surface area contributed by atoms with Crippen LogP contribution in [0.5, 0.6) is 5.75 Å². The maximum Gasteiger partial charge on any atom is 0.350 e. The number of halogens is 2. The lowest BCUT2D eigenvalue weighted by atomic mass is 9.86. The van der Waals surface area contributed by atoms with E-state index in [0.717, 1.165) is 74.2 Å². The molecule has 270 valence electrons. The van der Waals surface area contributed by atoms with Gasteiger partial charge in [0.05, 0.1) is 31.5 Å². The first-order valence-corrected chi connectivity index (χ1v) is 17.6. The van der Waals surface area contributed by atoms with E-state index in [9.17, 15) is 9.18 Å². The van der Waals surface area contributed by atoms with Crippen LogP contribution in [0.1, 0.15) is 51.6 Å². The highest BCUT2D eigenvalue weighted by atomic mass is 19.1. The van der Waals surface area contributed by atoms with Crippen LogP contribution < -0.4 is 20.2 Å². The fourth-order valence-corrected chi connectivity index (χ4v) is 7.13.